The Morgan fingerprint density at radius 2 is 1.62 bits per heavy atom. The molecule has 0 aliphatic carbocycles. The summed E-state index contributed by atoms with van der Waals surface area (Å²) in [6, 6.07) is -0.607. The lowest BCUT2D eigenvalue weighted by Gasteiger charge is -2.38. The van der Waals surface area contributed by atoms with Crippen LogP contribution in [0, 0.1) is 5.92 Å². The van der Waals surface area contributed by atoms with Crippen molar-refractivity contribution in [2.45, 2.75) is 51.8 Å². The molecule has 26 heavy (non-hydrogen) atoms. The van der Waals surface area contributed by atoms with E-state index in [-0.39, 0.29) is 23.8 Å². The first-order chi connectivity index (χ1) is 12.2. The Kier molecular flexibility index (Phi) is 5.14. The number of fused-ring (bicyclic) bond motifs is 1. The molecule has 0 spiro atoms. The highest BCUT2D eigenvalue weighted by Crippen LogP contribution is 2.36. The molecule has 0 N–H and O–H groups in total. The van der Waals surface area contributed by atoms with Crippen LogP contribution in [0.5, 0.6) is 0 Å². The fourth-order valence-corrected chi connectivity index (χ4v) is 4.00. The summed E-state index contributed by atoms with van der Waals surface area (Å²) in [6.07, 6.45) is 0.159. The van der Waals surface area contributed by atoms with Crippen molar-refractivity contribution in [2.24, 2.45) is 5.92 Å². The molecule has 0 aromatic rings. The van der Waals surface area contributed by atoms with Crippen LogP contribution in [-0.2, 0) is 19.1 Å². The van der Waals surface area contributed by atoms with Crippen LogP contribution in [-0.4, -0.2) is 89.7 Å². The minimum atomic E-state index is -0.616. The van der Waals surface area contributed by atoms with Crippen molar-refractivity contribution in [1.82, 2.24) is 14.7 Å². The lowest BCUT2D eigenvalue weighted by molar-refractivity contribution is -0.142. The van der Waals surface area contributed by atoms with Crippen molar-refractivity contribution in [3.63, 3.8) is 0 Å². The zero-order valence-electron chi connectivity index (χ0n) is 16.1. The first-order valence-electron chi connectivity index (χ1n) is 9.31. The highest BCUT2D eigenvalue weighted by atomic mass is 16.6. The molecule has 0 aromatic heterocycles. The van der Waals surface area contributed by atoms with Gasteiger partial charge in [-0.3, -0.25) is 14.5 Å². The Hall–Kier alpha value is -1.83. The summed E-state index contributed by atoms with van der Waals surface area (Å²) in [5.41, 5.74) is -0.616. The van der Waals surface area contributed by atoms with Crippen molar-refractivity contribution in [3.05, 3.63) is 0 Å². The van der Waals surface area contributed by atoms with Crippen LogP contribution in [0.4, 0.5) is 4.79 Å². The normalized spacial score (nSPS) is 28.9. The molecule has 8 nitrogen and oxygen atoms in total. The maximum Gasteiger partial charge on any atom is 0.411 e. The van der Waals surface area contributed by atoms with Gasteiger partial charge in [0.25, 0.3) is 0 Å². The van der Waals surface area contributed by atoms with Gasteiger partial charge >= 0.3 is 6.09 Å². The van der Waals surface area contributed by atoms with Gasteiger partial charge in [-0.25, -0.2) is 4.79 Å². The molecule has 3 aliphatic heterocycles. The summed E-state index contributed by atoms with van der Waals surface area (Å²) in [4.78, 5) is 42.5. The van der Waals surface area contributed by atoms with E-state index in [1.54, 1.807) is 21.6 Å². The number of amides is 3. The lowest BCUT2D eigenvalue weighted by Crippen LogP contribution is -2.56. The van der Waals surface area contributed by atoms with Gasteiger partial charge in [-0.1, -0.05) is 0 Å². The summed E-state index contributed by atoms with van der Waals surface area (Å²) in [7, 11) is 0. The molecular formula is C18H29N3O5. The van der Waals surface area contributed by atoms with Gasteiger partial charge in [-0.15, -0.1) is 0 Å². The number of ether oxygens (including phenoxy) is 2. The Balaban J connectivity index is 1.71. The van der Waals surface area contributed by atoms with E-state index in [2.05, 4.69) is 0 Å². The number of piperazine rings is 1. The number of carbonyl (C=O) groups is 3. The number of nitrogens with zero attached hydrogens (tertiary/aromatic N) is 3. The Labute approximate surface area is 154 Å². The van der Waals surface area contributed by atoms with Crippen LogP contribution in [0.15, 0.2) is 0 Å². The number of carbonyl (C=O) groups excluding carboxylic acids is 3. The molecule has 8 heteroatoms. The van der Waals surface area contributed by atoms with Gasteiger partial charge in [0.05, 0.1) is 19.3 Å². The van der Waals surface area contributed by atoms with Gasteiger partial charge in [0.2, 0.25) is 11.8 Å². The predicted octanol–water partition coefficient (Wildman–Crippen LogP) is 0.702. The molecule has 0 aromatic carbocycles. The van der Waals surface area contributed by atoms with Crippen LogP contribution >= 0.6 is 0 Å². The summed E-state index contributed by atoms with van der Waals surface area (Å²) in [5.74, 6) is 0.156. The smallest absolute Gasteiger partial charge is 0.411 e. The molecule has 3 atom stereocenters. The van der Waals surface area contributed by atoms with E-state index in [1.807, 2.05) is 20.8 Å². The molecule has 3 fully saturated rings. The number of hydrogen-bond donors (Lipinski definition) is 0. The molecule has 3 amide bonds. The second-order valence-electron chi connectivity index (χ2n) is 8.34. The summed E-state index contributed by atoms with van der Waals surface area (Å²) in [6.45, 7) is 10.1. The van der Waals surface area contributed by atoms with Crippen molar-refractivity contribution in [2.75, 3.05) is 39.4 Å². The largest absolute Gasteiger partial charge is 0.444 e. The van der Waals surface area contributed by atoms with Crippen molar-refractivity contribution < 1.29 is 23.9 Å². The predicted molar refractivity (Wildman–Crippen MR) is 93.4 cm³/mol. The minimum Gasteiger partial charge on any atom is -0.444 e. The fraction of sp³-hybridized carbons (Fsp3) is 0.833. The molecule has 3 heterocycles. The van der Waals surface area contributed by atoms with Crippen molar-refractivity contribution in [1.29, 1.82) is 0 Å². The standard InChI is InChI=1S/C18H29N3O5/c1-12(22)19-5-7-20(8-6-19)16(23)14-9-13-10-25-11-15(13)21(14)17(24)26-18(2,3)4/h13-15H,5-11H2,1-4H3/t13-,14-,15+/m0/s1. The molecule has 0 bridgehead atoms. The Morgan fingerprint density at radius 3 is 2.19 bits per heavy atom. The van der Waals surface area contributed by atoms with Gasteiger partial charge in [-0.05, 0) is 27.2 Å². The Morgan fingerprint density at radius 1 is 1.00 bits per heavy atom. The zero-order chi connectivity index (χ0) is 19.1. The monoisotopic (exact) mass is 367 g/mol. The van der Waals surface area contributed by atoms with Gasteiger partial charge in [0.15, 0.2) is 0 Å². The third-order valence-corrected chi connectivity index (χ3v) is 5.31. The van der Waals surface area contributed by atoms with Gasteiger partial charge in [-0.2, -0.15) is 0 Å². The highest BCUT2D eigenvalue weighted by Gasteiger charge is 2.51. The second kappa shape index (κ2) is 7.06. The van der Waals surface area contributed by atoms with E-state index in [1.165, 1.54) is 0 Å². The quantitative estimate of drug-likeness (QED) is 0.682. The molecule has 3 rings (SSSR count). The first kappa shape index (κ1) is 18.9. The minimum absolute atomic E-state index is 0.0278. The molecule has 0 radical (unpaired) electrons. The number of rotatable bonds is 1. The summed E-state index contributed by atoms with van der Waals surface area (Å²) < 4.78 is 11.1. The van der Waals surface area contributed by atoms with E-state index >= 15 is 0 Å². The summed E-state index contributed by atoms with van der Waals surface area (Å²) in [5, 5.41) is 0. The number of likely N-dealkylation sites (tertiary alicyclic amines) is 1. The molecule has 0 saturated carbocycles. The van der Waals surface area contributed by atoms with Gasteiger partial charge in [0.1, 0.15) is 11.6 Å². The van der Waals surface area contributed by atoms with E-state index < -0.39 is 17.7 Å². The fourth-order valence-electron chi connectivity index (χ4n) is 4.00. The van der Waals surface area contributed by atoms with Gasteiger partial charge < -0.3 is 19.3 Å². The van der Waals surface area contributed by atoms with Crippen LogP contribution < -0.4 is 0 Å². The molecule has 3 saturated heterocycles. The second-order valence-corrected chi connectivity index (χ2v) is 8.34. The third kappa shape index (κ3) is 3.79. The molecule has 146 valence electrons. The maximum atomic E-state index is 13.1. The van der Waals surface area contributed by atoms with E-state index in [4.69, 9.17) is 9.47 Å². The van der Waals surface area contributed by atoms with E-state index in [9.17, 15) is 14.4 Å². The number of hydrogen-bond acceptors (Lipinski definition) is 5. The van der Waals surface area contributed by atoms with Crippen LogP contribution in [0.25, 0.3) is 0 Å². The Bertz CT molecular complexity index is 580. The molecule has 3 aliphatic rings. The maximum absolute atomic E-state index is 13.1. The van der Waals surface area contributed by atoms with Gasteiger partial charge in [0, 0.05) is 39.0 Å². The molecule has 0 unspecified atom stereocenters. The highest BCUT2D eigenvalue weighted by molar-refractivity contribution is 5.87. The van der Waals surface area contributed by atoms with E-state index in [0.717, 1.165) is 0 Å². The van der Waals surface area contributed by atoms with Crippen LogP contribution in [0.3, 0.4) is 0 Å². The average molecular weight is 367 g/mol. The first-order valence-corrected chi connectivity index (χ1v) is 9.31. The lowest BCUT2D eigenvalue weighted by atomic mass is 10.0. The molecular weight excluding hydrogens is 338 g/mol. The van der Waals surface area contributed by atoms with Crippen LogP contribution in [0.1, 0.15) is 34.1 Å². The average Bonchev–Trinajstić information content (AvgIpc) is 3.12. The van der Waals surface area contributed by atoms with E-state index in [0.29, 0.717) is 45.8 Å². The zero-order valence-corrected chi connectivity index (χ0v) is 16.1. The van der Waals surface area contributed by atoms with Crippen molar-refractivity contribution >= 4 is 17.9 Å². The topological polar surface area (TPSA) is 79.4 Å². The SMILES string of the molecule is CC(=O)N1CCN(C(=O)[C@@H]2C[C@H]3COC[C@H]3N2C(=O)OC(C)(C)C)CC1. The summed E-state index contributed by atoms with van der Waals surface area (Å²) >= 11 is 0. The third-order valence-electron chi connectivity index (χ3n) is 5.31. The van der Waals surface area contributed by atoms with Crippen LogP contribution in [0.2, 0.25) is 0 Å². The van der Waals surface area contributed by atoms with Crippen molar-refractivity contribution in [3.8, 4) is 0 Å².